The molecule has 106 valence electrons. The van der Waals surface area contributed by atoms with Crippen molar-refractivity contribution in [2.75, 3.05) is 14.2 Å². The number of nitrogens with zero attached hydrogens (tertiary/aromatic N) is 1. The number of hydrogen-bond donors (Lipinski definition) is 1. The molecule has 0 fully saturated rings. The molecule has 0 radical (unpaired) electrons. The summed E-state index contributed by atoms with van der Waals surface area (Å²) < 4.78 is 10.9. The van der Waals surface area contributed by atoms with E-state index in [2.05, 4.69) is 9.97 Å². The predicted octanol–water partition coefficient (Wildman–Crippen LogP) is 2.50. The molecule has 0 aliphatic carbocycles. The minimum atomic E-state index is -0.156. The Balaban J connectivity index is 2.52. The number of halogens is 1. The van der Waals surface area contributed by atoms with Crippen LogP contribution in [-0.4, -0.2) is 24.2 Å². The van der Waals surface area contributed by atoms with Crippen molar-refractivity contribution >= 4 is 22.6 Å². The van der Waals surface area contributed by atoms with Gasteiger partial charge in [0.25, 0.3) is 5.56 Å². The molecule has 1 aromatic heterocycles. The highest BCUT2D eigenvalue weighted by Gasteiger charge is 2.11. The van der Waals surface area contributed by atoms with E-state index < -0.39 is 0 Å². The Labute approximate surface area is 130 Å². The molecule has 0 aliphatic heterocycles. The van der Waals surface area contributed by atoms with Crippen LogP contribution >= 0.6 is 22.6 Å². The summed E-state index contributed by atoms with van der Waals surface area (Å²) in [4.78, 5) is 19.2. The van der Waals surface area contributed by atoms with Gasteiger partial charge in [-0.3, -0.25) is 4.79 Å². The van der Waals surface area contributed by atoms with Crippen LogP contribution in [0.15, 0.2) is 23.0 Å². The van der Waals surface area contributed by atoms with Gasteiger partial charge in [-0.1, -0.05) is 0 Å². The van der Waals surface area contributed by atoms with Gasteiger partial charge in [-0.15, -0.1) is 0 Å². The molecule has 0 bridgehead atoms. The molecular weight excluding hydrogens is 371 g/mol. The minimum absolute atomic E-state index is 0.156. The summed E-state index contributed by atoms with van der Waals surface area (Å²) in [6.07, 6.45) is 0. The lowest BCUT2D eigenvalue weighted by Crippen LogP contribution is -2.16. The van der Waals surface area contributed by atoms with Crippen molar-refractivity contribution in [3.63, 3.8) is 0 Å². The normalized spacial score (nSPS) is 10.6. The quantitative estimate of drug-likeness (QED) is 0.821. The molecule has 0 atom stereocenters. The van der Waals surface area contributed by atoms with Crippen LogP contribution in [-0.2, 0) is 11.3 Å². The second-order valence-electron chi connectivity index (χ2n) is 4.29. The van der Waals surface area contributed by atoms with Crippen LogP contribution in [0.1, 0.15) is 11.3 Å². The van der Waals surface area contributed by atoms with Gasteiger partial charge in [0, 0.05) is 12.7 Å². The standard InChI is InChI=1S/C14H15IN2O3/c1-8-6-9(4-5-11(8)20-3)13-16-10(7-19-2)12(15)14(18)17-13/h4-6H,7H2,1-3H3,(H,16,17,18). The zero-order valence-corrected chi connectivity index (χ0v) is 13.6. The highest BCUT2D eigenvalue weighted by atomic mass is 127. The number of methoxy groups -OCH3 is 2. The fraction of sp³-hybridized carbons (Fsp3) is 0.286. The van der Waals surface area contributed by atoms with Crippen molar-refractivity contribution < 1.29 is 9.47 Å². The highest BCUT2D eigenvalue weighted by molar-refractivity contribution is 14.1. The van der Waals surface area contributed by atoms with Crippen molar-refractivity contribution in [1.82, 2.24) is 9.97 Å². The largest absolute Gasteiger partial charge is 0.496 e. The number of aryl methyl sites for hydroxylation is 1. The van der Waals surface area contributed by atoms with Gasteiger partial charge in [0.05, 0.1) is 19.4 Å². The van der Waals surface area contributed by atoms with Gasteiger partial charge in [0.2, 0.25) is 0 Å². The number of hydrogen-bond acceptors (Lipinski definition) is 4. The van der Waals surface area contributed by atoms with Crippen molar-refractivity contribution in [2.45, 2.75) is 13.5 Å². The van der Waals surface area contributed by atoms with Crippen LogP contribution in [0.3, 0.4) is 0 Å². The second-order valence-corrected chi connectivity index (χ2v) is 5.37. The number of benzene rings is 1. The number of ether oxygens (including phenoxy) is 2. The first kappa shape index (κ1) is 15.0. The lowest BCUT2D eigenvalue weighted by Gasteiger charge is -2.09. The van der Waals surface area contributed by atoms with Crippen LogP contribution in [0.25, 0.3) is 11.4 Å². The molecule has 0 aliphatic rings. The van der Waals surface area contributed by atoms with Gasteiger partial charge < -0.3 is 14.5 Å². The van der Waals surface area contributed by atoms with Crippen LogP contribution in [0.2, 0.25) is 0 Å². The van der Waals surface area contributed by atoms with Crippen molar-refractivity contribution in [3.05, 3.63) is 43.4 Å². The Kier molecular flexibility index (Phi) is 4.77. The monoisotopic (exact) mass is 386 g/mol. The third-order valence-electron chi connectivity index (χ3n) is 2.88. The molecule has 1 aromatic carbocycles. The molecule has 0 saturated carbocycles. The van der Waals surface area contributed by atoms with Crippen molar-refractivity contribution in [1.29, 1.82) is 0 Å². The average Bonchev–Trinajstić information content (AvgIpc) is 2.43. The van der Waals surface area contributed by atoms with E-state index in [9.17, 15) is 4.79 Å². The maximum absolute atomic E-state index is 11.9. The van der Waals surface area contributed by atoms with E-state index in [0.717, 1.165) is 16.9 Å². The molecule has 2 aromatic rings. The summed E-state index contributed by atoms with van der Waals surface area (Å²) in [6, 6.07) is 5.66. The molecule has 1 heterocycles. The van der Waals surface area contributed by atoms with E-state index in [1.54, 1.807) is 14.2 Å². The average molecular weight is 386 g/mol. The van der Waals surface area contributed by atoms with Gasteiger partial charge in [-0.05, 0) is 53.3 Å². The molecule has 1 N–H and O–H groups in total. The summed E-state index contributed by atoms with van der Waals surface area (Å²) in [7, 11) is 3.21. The van der Waals surface area contributed by atoms with Gasteiger partial charge in [-0.2, -0.15) is 0 Å². The highest BCUT2D eigenvalue weighted by Crippen LogP contribution is 2.24. The lowest BCUT2D eigenvalue weighted by atomic mass is 10.1. The Morgan fingerprint density at radius 1 is 1.35 bits per heavy atom. The number of rotatable bonds is 4. The predicted molar refractivity (Wildman–Crippen MR) is 85.0 cm³/mol. The SMILES string of the molecule is COCc1nc(-c2ccc(OC)c(C)c2)[nH]c(=O)c1I. The molecule has 2 rings (SSSR count). The number of H-pyrrole nitrogens is 1. The molecule has 0 amide bonds. The van der Waals surface area contributed by atoms with Crippen molar-refractivity contribution in [3.8, 4) is 17.1 Å². The number of aromatic nitrogens is 2. The van der Waals surface area contributed by atoms with E-state index in [0.29, 0.717) is 21.7 Å². The number of nitrogens with one attached hydrogen (secondary N) is 1. The van der Waals surface area contributed by atoms with E-state index in [1.165, 1.54) is 0 Å². The van der Waals surface area contributed by atoms with Crippen LogP contribution < -0.4 is 10.3 Å². The fourth-order valence-corrected chi connectivity index (χ4v) is 2.31. The first-order valence-electron chi connectivity index (χ1n) is 5.99. The van der Waals surface area contributed by atoms with E-state index in [-0.39, 0.29) is 5.56 Å². The lowest BCUT2D eigenvalue weighted by molar-refractivity contribution is 0.180. The fourth-order valence-electron chi connectivity index (χ4n) is 1.90. The maximum atomic E-state index is 11.9. The Bertz CT molecular complexity index is 683. The third kappa shape index (κ3) is 3.01. The molecule has 0 saturated heterocycles. The Morgan fingerprint density at radius 2 is 2.10 bits per heavy atom. The summed E-state index contributed by atoms with van der Waals surface area (Å²) in [5.41, 5.74) is 2.31. The zero-order chi connectivity index (χ0) is 14.7. The topological polar surface area (TPSA) is 64.2 Å². The van der Waals surface area contributed by atoms with E-state index >= 15 is 0 Å². The first-order chi connectivity index (χ1) is 9.56. The Morgan fingerprint density at radius 3 is 2.70 bits per heavy atom. The van der Waals surface area contributed by atoms with Crippen LogP contribution in [0.4, 0.5) is 0 Å². The summed E-state index contributed by atoms with van der Waals surface area (Å²) in [6.45, 7) is 2.26. The third-order valence-corrected chi connectivity index (χ3v) is 3.99. The molecule has 6 heteroatoms. The Hall–Kier alpha value is -1.41. The summed E-state index contributed by atoms with van der Waals surface area (Å²) in [5, 5.41) is 0. The molecular formula is C14H15IN2O3. The van der Waals surface area contributed by atoms with Gasteiger partial charge in [0.1, 0.15) is 15.1 Å². The zero-order valence-electron chi connectivity index (χ0n) is 11.5. The smallest absolute Gasteiger partial charge is 0.264 e. The summed E-state index contributed by atoms with van der Waals surface area (Å²) >= 11 is 1.98. The molecule has 5 nitrogen and oxygen atoms in total. The van der Waals surface area contributed by atoms with Gasteiger partial charge >= 0.3 is 0 Å². The van der Waals surface area contributed by atoms with E-state index in [1.807, 2.05) is 47.7 Å². The second kappa shape index (κ2) is 6.36. The molecule has 0 spiro atoms. The molecule has 0 unspecified atom stereocenters. The summed E-state index contributed by atoms with van der Waals surface area (Å²) in [5.74, 6) is 1.34. The van der Waals surface area contributed by atoms with Crippen LogP contribution in [0.5, 0.6) is 5.75 Å². The minimum Gasteiger partial charge on any atom is -0.496 e. The molecule has 20 heavy (non-hydrogen) atoms. The van der Waals surface area contributed by atoms with Gasteiger partial charge in [-0.25, -0.2) is 4.98 Å². The van der Waals surface area contributed by atoms with Gasteiger partial charge in [0.15, 0.2) is 0 Å². The van der Waals surface area contributed by atoms with E-state index in [4.69, 9.17) is 9.47 Å². The first-order valence-corrected chi connectivity index (χ1v) is 7.07. The van der Waals surface area contributed by atoms with Crippen LogP contribution in [0, 0.1) is 10.5 Å². The van der Waals surface area contributed by atoms with Crippen molar-refractivity contribution in [2.24, 2.45) is 0 Å². The maximum Gasteiger partial charge on any atom is 0.264 e. The number of aromatic amines is 1.